The van der Waals surface area contributed by atoms with E-state index < -0.39 is 16.7 Å². The molecule has 1 rings (SSSR count). The number of nitro groups is 1. The van der Waals surface area contributed by atoms with Crippen molar-refractivity contribution in [2.75, 3.05) is 5.75 Å². The summed E-state index contributed by atoms with van der Waals surface area (Å²) in [5, 5.41) is 18.9. The Labute approximate surface area is 88.1 Å². The molecule has 0 unspecified atom stereocenters. The van der Waals surface area contributed by atoms with Crippen LogP contribution in [0.5, 0.6) is 0 Å². The van der Waals surface area contributed by atoms with Crippen LogP contribution in [-0.4, -0.2) is 21.8 Å². The van der Waals surface area contributed by atoms with Crippen LogP contribution in [0.15, 0.2) is 23.1 Å². The molecule has 0 spiro atoms. The molecule has 1 aromatic carbocycles. The number of carbonyl (C=O) groups is 1. The normalized spacial score (nSPS) is 9.93. The fourth-order valence-corrected chi connectivity index (χ4v) is 1.66. The second-order valence-electron chi connectivity index (χ2n) is 2.55. The number of benzene rings is 1. The molecule has 0 heterocycles. The van der Waals surface area contributed by atoms with Gasteiger partial charge in [0.2, 0.25) is 0 Å². The van der Waals surface area contributed by atoms with Crippen LogP contribution in [0.3, 0.4) is 0 Å². The number of nitrogens with zero attached hydrogens (tertiary/aromatic N) is 1. The average molecular weight is 231 g/mol. The van der Waals surface area contributed by atoms with Crippen LogP contribution >= 0.6 is 11.8 Å². The fourth-order valence-electron chi connectivity index (χ4n) is 0.894. The van der Waals surface area contributed by atoms with Crippen LogP contribution in [0, 0.1) is 15.9 Å². The summed E-state index contributed by atoms with van der Waals surface area (Å²) in [6, 6.07) is 2.92. The van der Waals surface area contributed by atoms with Gasteiger partial charge in [-0.15, -0.1) is 11.8 Å². The summed E-state index contributed by atoms with van der Waals surface area (Å²) in [5.41, 5.74) is -0.289. The minimum atomic E-state index is -1.11. The summed E-state index contributed by atoms with van der Waals surface area (Å²) in [6.45, 7) is 0. The van der Waals surface area contributed by atoms with E-state index >= 15 is 0 Å². The van der Waals surface area contributed by atoms with Gasteiger partial charge < -0.3 is 5.11 Å². The second kappa shape index (κ2) is 4.74. The number of nitro benzene ring substituents is 1. The van der Waals surface area contributed by atoms with Crippen molar-refractivity contribution in [3.63, 3.8) is 0 Å². The van der Waals surface area contributed by atoms with Gasteiger partial charge in [-0.2, -0.15) is 0 Å². The van der Waals surface area contributed by atoms with Gasteiger partial charge >= 0.3 is 5.97 Å². The lowest BCUT2D eigenvalue weighted by Gasteiger charge is -2.00. The Morgan fingerprint density at radius 2 is 2.27 bits per heavy atom. The molecule has 7 heteroatoms. The third-order valence-electron chi connectivity index (χ3n) is 1.47. The Morgan fingerprint density at radius 3 is 2.80 bits per heavy atom. The molecular formula is C8H6FNO4S. The van der Waals surface area contributed by atoms with Crippen LogP contribution in [0.2, 0.25) is 0 Å². The third kappa shape index (κ3) is 3.21. The number of carboxylic acids is 1. The lowest BCUT2D eigenvalue weighted by molar-refractivity contribution is -0.387. The van der Waals surface area contributed by atoms with E-state index in [0.29, 0.717) is 11.8 Å². The predicted molar refractivity (Wildman–Crippen MR) is 51.4 cm³/mol. The van der Waals surface area contributed by atoms with E-state index in [-0.39, 0.29) is 16.3 Å². The molecule has 1 aromatic rings. The molecule has 0 aliphatic rings. The topological polar surface area (TPSA) is 80.4 Å². The van der Waals surface area contributed by atoms with Gasteiger partial charge in [0.15, 0.2) is 0 Å². The van der Waals surface area contributed by atoms with Crippen molar-refractivity contribution in [2.24, 2.45) is 0 Å². The highest BCUT2D eigenvalue weighted by Gasteiger charge is 2.15. The highest BCUT2D eigenvalue weighted by atomic mass is 32.2. The maximum atomic E-state index is 12.8. The van der Waals surface area contributed by atoms with E-state index in [1.807, 2.05) is 0 Å². The van der Waals surface area contributed by atoms with Crippen molar-refractivity contribution in [2.45, 2.75) is 4.90 Å². The van der Waals surface area contributed by atoms with Crippen molar-refractivity contribution in [1.29, 1.82) is 0 Å². The quantitative estimate of drug-likeness (QED) is 0.486. The number of hydrogen-bond donors (Lipinski definition) is 1. The van der Waals surface area contributed by atoms with Crippen LogP contribution in [0.1, 0.15) is 0 Å². The summed E-state index contributed by atoms with van der Waals surface area (Å²) >= 11 is 0.716. The highest BCUT2D eigenvalue weighted by molar-refractivity contribution is 8.00. The van der Waals surface area contributed by atoms with Crippen molar-refractivity contribution in [1.82, 2.24) is 0 Å². The molecule has 0 aromatic heterocycles. The molecule has 80 valence electrons. The summed E-state index contributed by atoms with van der Waals surface area (Å²) in [7, 11) is 0. The number of rotatable bonds is 4. The van der Waals surface area contributed by atoms with E-state index in [2.05, 4.69) is 0 Å². The largest absolute Gasteiger partial charge is 0.481 e. The standard InChI is InChI=1S/C8H6FNO4S/c9-5-1-2-6(10(13)14)7(3-5)15-4-8(11)12/h1-3H,4H2,(H,11,12). The lowest BCUT2D eigenvalue weighted by atomic mass is 10.3. The van der Waals surface area contributed by atoms with Crippen LogP contribution in [0.25, 0.3) is 0 Å². The van der Waals surface area contributed by atoms with Crippen molar-refractivity contribution in [3.05, 3.63) is 34.1 Å². The summed E-state index contributed by atoms with van der Waals surface area (Å²) in [5.74, 6) is -2.09. The van der Waals surface area contributed by atoms with Gasteiger partial charge in [0.05, 0.1) is 15.6 Å². The molecule has 1 N–H and O–H groups in total. The molecule has 0 saturated carbocycles. The van der Waals surface area contributed by atoms with Gasteiger partial charge in [-0.3, -0.25) is 14.9 Å². The van der Waals surface area contributed by atoms with Gasteiger partial charge in [0.1, 0.15) is 5.82 Å². The van der Waals surface area contributed by atoms with Gasteiger partial charge in [-0.1, -0.05) is 0 Å². The molecule has 0 bridgehead atoms. The van der Waals surface area contributed by atoms with Gasteiger partial charge in [-0.25, -0.2) is 4.39 Å². The minimum Gasteiger partial charge on any atom is -0.481 e. The summed E-state index contributed by atoms with van der Waals surface area (Å²) < 4.78 is 12.8. The first-order valence-electron chi connectivity index (χ1n) is 3.79. The Kier molecular flexibility index (Phi) is 3.62. The Hall–Kier alpha value is -1.63. The molecule has 0 radical (unpaired) electrons. The van der Waals surface area contributed by atoms with E-state index in [1.165, 1.54) is 0 Å². The van der Waals surface area contributed by atoms with E-state index in [9.17, 15) is 19.3 Å². The first-order valence-corrected chi connectivity index (χ1v) is 4.78. The van der Waals surface area contributed by atoms with Crippen molar-refractivity contribution >= 4 is 23.4 Å². The highest BCUT2D eigenvalue weighted by Crippen LogP contribution is 2.29. The molecule has 15 heavy (non-hydrogen) atoms. The summed E-state index contributed by atoms with van der Waals surface area (Å²) in [4.78, 5) is 20.1. The van der Waals surface area contributed by atoms with Crippen molar-refractivity contribution < 1.29 is 19.2 Å². The van der Waals surface area contributed by atoms with E-state index in [0.717, 1.165) is 18.2 Å². The van der Waals surface area contributed by atoms with Crippen LogP contribution in [-0.2, 0) is 4.79 Å². The molecule has 0 amide bonds. The van der Waals surface area contributed by atoms with E-state index in [1.54, 1.807) is 0 Å². The zero-order valence-corrected chi connectivity index (χ0v) is 8.16. The molecule has 5 nitrogen and oxygen atoms in total. The maximum absolute atomic E-state index is 12.8. The lowest BCUT2D eigenvalue weighted by Crippen LogP contribution is -1.99. The Morgan fingerprint density at radius 1 is 1.60 bits per heavy atom. The molecule has 0 atom stereocenters. The van der Waals surface area contributed by atoms with Crippen LogP contribution < -0.4 is 0 Å². The predicted octanol–water partition coefficient (Wildman–Crippen LogP) is 1.91. The molecule has 0 saturated heterocycles. The minimum absolute atomic E-state index is 0.0161. The molecular weight excluding hydrogens is 225 g/mol. The molecule has 0 fully saturated rings. The second-order valence-corrected chi connectivity index (χ2v) is 3.57. The first kappa shape index (κ1) is 11.4. The van der Waals surface area contributed by atoms with Gasteiger partial charge in [0.25, 0.3) is 5.69 Å². The zero-order chi connectivity index (χ0) is 11.4. The molecule has 0 aliphatic heterocycles. The SMILES string of the molecule is O=C(O)CSc1cc(F)ccc1[N+](=O)[O-]. The number of carboxylic acid groups (broad SMARTS) is 1. The molecule has 0 aliphatic carbocycles. The maximum Gasteiger partial charge on any atom is 0.313 e. The number of aliphatic carboxylic acids is 1. The van der Waals surface area contributed by atoms with Gasteiger partial charge in [0, 0.05) is 6.07 Å². The fraction of sp³-hybridized carbons (Fsp3) is 0.125. The zero-order valence-electron chi connectivity index (χ0n) is 7.34. The number of thioether (sulfide) groups is 1. The average Bonchev–Trinajstić information content (AvgIpc) is 2.14. The Bertz CT molecular complexity index is 410. The third-order valence-corrected chi connectivity index (χ3v) is 2.50. The number of hydrogen-bond acceptors (Lipinski definition) is 4. The van der Waals surface area contributed by atoms with Crippen LogP contribution in [0.4, 0.5) is 10.1 Å². The Balaban J connectivity index is 2.96. The summed E-state index contributed by atoms with van der Waals surface area (Å²) in [6.07, 6.45) is 0. The first-order chi connectivity index (χ1) is 7.00. The van der Waals surface area contributed by atoms with Gasteiger partial charge in [-0.05, 0) is 12.1 Å². The number of halogens is 1. The monoisotopic (exact) mass is 231 g/mol. The smallest absolute Gasteiger partial charge is 0.313 e. The van der Waals surface area contributed by atoms with Crippen molar-refractivity contribution in [3.8, 4) is 0 Å². The van der Waals surface area contributed by atoms with E-state index in [4.69, 9.17) is 5.11 Å².